The van der Waals surface area contributed by atoms with Crippen LogP contribution in [-0.4, -0.2) is 58.7 Å². The Bertz CT molecular complexity index is 522. The fraction of sp³-hybridized carbons (Fsp3) is 0.812. The summed E-state index contributed by atoms with van der Waals surface area (Å²) in [5.41, 5.74) is 0. The lowest BCUT2D eigenvalue weighted by Gasteiger charge is -2.31. The van der Waals surface area contributed by atoms with Crippen molar-refractivity contribution >= 4 is 5.82 Å². The quantitative estimate of drug-likeness (QED) is 0.431. The summed E-state index contributed by atoms with van der Waals surface area (Å²) in [5, 5.41) is 14.8. The van der Waals surface area contributed by atoms with Crippen LogP contribution in [0, 0.1) is 10.1 Å². The number of rotatable bonds is 7. The number of nitrogens with zero attached hydrogens (tertiary/aromatic N) is 4. The molecule has 1 aromatic heterocycles. The normalized spacial score (nSPS) is 23.4. The van der Waals surface area contributed by atoms with E-state index in [0.29, 0.717) is 0 Å². The molecule has 0 radical (unpaired) electrons. The highest BCUT2D eigenvalue weighted by Gasteiger charge is 2.24. The summed E-state index contributed by atoms with van der Waals surface area (Å²) in [7, 11) is 0. The van der Waals surface area contributed by atoms with E-state index in [1.807, 2.05) is 0 Å². The number of likely N-dealkylation sites (tertiary alicyclic amines) is 1. The van der Waals surface area contributed by atoms with E-state index in [2.05, 4.69) is 10.00 Å². The van der Waals surface area contributed by atoms with Crippen molar-refractivity contribution in [2.24, 2.45) is 0 Å². The molecule has 0 N–H and O–H groups in total. The monoisotopic (exact) mass is 338 g/mol. The molecule has 1 aromatic rings. The zero-order valence-corrected chi connectivity index (χ0v) is 14.0. The van der Waals surface area contributed by atoms with Gasteiger partial charge in [0.25, 0.3) is 0 Å². The number of aromatic nitrogens is 2. The van der Waals surface area contributed by atoms with E-state index in [1.165, 1.54) is 12.5 Å². The summed E-state index contributed by atoms with van der Waals surface area (Å²) in [6.07, 6.45) is 8.05. The van der Waals surface area contributed by atoms with Crippen LogP contribution in [0.5, 0.6) is 0 Å². The lowest BCUT2D eigenvalue weighted by molar-refractivity contribution is -0.389. The summed E-state index contributed by atoms with van der Waals surface area (Å²) < 4.78 is 13.1. The van der Waals surface area contributed by atoms with Gasteiger partial charge in [-0.25, -0.2) is 0 Å². The fourth-order valence-corrected chi connectivity index (χ4v) is 3.38. The molecule has 0 aliphatic carbocycles. The van der Waals surface area contributed by atoms with Crippen LogP contribution in [0.4, 0.5) is 5.82 Å². The molecule has 8 nitrogen and oxygen atoms in total. The Kier molecular flexibility index (Phi) is 6.17. The molecule has 3 heterocycles. The van der Waals surface area contributed by atoms with Crippen LogP contribution in [0.2, 0.25) is 0 Å². The summed E-state index contributed by atoms with van der Waals surface area (Å²) >= 11 is 0. The highest BCUT2D eigenvalue weighted by Crippen LogP contribution is 2.23. The van der Waals surface area contributed by atoms with Gasteiger partial charge in [0.15, 0.2) is 6.29 Å². The van der Waals surface area contributed by atoms with Crippen molar-refractivity contribution in [2.45, 2.75) is 50.9 Å². The Balaban J connectivity index is 1.32. The van der Waals surface area contributed by atoms with E-state index in [9.17, 15) is 10.1 Å². The Morgan fingerprint density at radius 2 is 2.17 bits per heavy atom. The first-order valence-electron chi connectivity index (χ1n) is 8.87. The molecule has 134 valence electrons. The molecule has 0 saturated carbocycles. The van der Waals surface area contributed by atoms with Gasteiger partial charge in [0.1, 0.15) is 0 Å². The highest BCUT2D eigenvalue weighted by molar-refractivity contribution is 5.14. The van der Waals surface area contributed by atoms with Gasteiger partial charge in [-0.2, -0.15) is 4.68 Å². The molecule has 2 aliphatic heterocycles. The lowest BCUT2D eigenvalue weighted by atomic mass is 10.1. The topological polar surface area (TPSA) is 82.7 Å². The Morgan fingerprint density at radius 3 is 2.83 bits per heavy atom. The molecule has 2 fully saturated rings. The third-order valence-corrected chi connectivity index (χ3v) is 4.77. The van der Waals surface area contributed by atoms with Crippen molar-refractivity contribution in [3.8, 4) is 0 Å². The summed E-state index contributed by atoms with van der Waals surface area (Å²) in [6.45, 7) is 4.59. The van der Waals surface area contributed by atoms with Crippen LogP contribution in [0.25, 0.3) is 0 Å². The standard InChI is InChI=1S/C16H26N4O4/c21-20(22)15-7-11-19(17-15)14-5-9-18(10-6-14)8-3-13-24-16-4-1-2-12-23-16/h7,11,14,16H,1-6,8-10,12-13H2/t16-/m1/s1. The largest absolute Gasteiger partial charge is 0.389 e. The summed E-state index contributed by atoms with van der Waals surface area (Å²) in [5.74, 6) is -0.0699. The molecule has 1 atom stereocenters. The Labute approximate surface area is 141 Å². The van der Waals surface area contributed by atoms with Crippen LogP contribution in [0.1, 0.15) is 44.6 Å². The molecule has 0 unspecified atom stereocenters. The van der Waals surface area contributed by atoms with E-state index < -0.39 is 4.92 Å². The average Bonchev–Trinajstić information content (AvgIpc) is 3.11. The second-order valence-corrected chi connectivity index (χ2v) is 6.50. The van der Waals surface area contributed by atoms with E-state index in [0.717, 1.165) is 65.0 Å². The maximum Gasteiger partial charge on any atom is 0.389 e. The third-order valence-electron chi connectivity index (χ3n) is 4.77. The lowest BCUT2D eigenvalue weighted by Crippen LogP contribution is -2.36. The van der Waals surface area contributed by atoms with E-state index in [4.69, 9.17) is 9.47 Å². The summed E-state index contributed by atoms with van der Waals surface area (Å²) in [4.78, 5) is 12.7. The van der Waals surface area contributed by atoms with Crippen molar-refractivity contribution in [2.75, 3.05) is 32.8 Å². The van der Waals surface area contributed by atoms with Crippen LogP contribution in [-0.2, 0) is 9.47 Å². The molecular formula is C16H26N4O4. The molecule has 0 amide bonds. The van der Waals surface area contributed by atoms with Crippen molar-refractivity contribution in [3.63, 3.8) is 0 Å². The van der Waals surface area contributed by atoms with Crippen LogP contribution in [0.3, 0.4) is 0 Å². The minimum Gasteiger partial charge on any atom is -0.358 e. The highest BCUT2D eigenvalue weighted by atomic mass is 16.7. The second-order valence-electron chi connectivity index (χ2n) is 6.50. The molecule has 8 heteroatoms. The maximum atomic E-state index is 10.7. The van der Waals surface area contributed by atoms with E-state index in [-0.39, 0.29) is 18.1 Å². The van der Waals surface area contributed by atoms with Gasteiger partial charge in [-0.1, -0.05) is 0 Å². The number of nitro groups is 1. The zero-order chi connectivity index (χ0) is 16.8. The molecule has 3 rings (SSSR count). The van der Waals surface area contributed by atoms with E-state index in [1.54, 1.807) is 10.9 Å². The molecule has 0 aromatic carbocycles. The van der Waals surface area contributed by atoms with Gasteiger partial charge in [0.2, 0.25) is 0 Å². The van der Waals surface area contributed by atoms with Crippen molar-refractivity contribution in [3.05, 3.63) is 22.4 Å². The van der Waals surface area contributed by atoms with Gasteiger partial charge in [0.05, 0.1) is 30.0 Å². The van der Waals surface area contributed by atoms with Gasteiger partial charge in [0, 0.05) is 26.2 Å². The first-order valence-corrected chi connectivity index (χ1v) is 8.87. The summed E-state index contributed by atoms with van der Waals surface area (Å²) in [6, 6.07) is 1.73. The number of piperidine rings is 1. The number of hydrogen-bond donors (Lipinski definition) is 0. The van der Waals surface area contributed by atoms with Gasteiger partial charge in [-0.15, -0.1) is 0 Å². The minimum absolute atomic E-state index is 0.0000854. The number of ether oxygens (including phenoxy) is 2. The van der Waals surface area contributed by atoms with Crippen LogP contribution in [0.15, 0.2) is 12.3 Å². The first kappa shape index (κ1) is 17.3. The van der Waals surface area contributed by atoms with Crippen molar-refractivity contribution < 1.29 is 14.4 Å². The van der Waals surface area contributed by atoms with Gasteiger partial charge in [-0.05, 0) is 43.4 Å². The van der Waals surface area contributed by atoms with Crippen molar-refractivity contribution in [1.29, 1.82) is 0 Å². The second kappa shape index (κ2) is 8.55. The van der Waals surface area contributed by atoms with Crippen molar-refractivity contribution in [1.82, 2.24) is 14.7 Å². The van der Waals surface area contributed by atoms with E-state index >= 15 is 0 Å². The number of hydrogen-bond acceptors (Lipinski definition) is 6. The van der Waals surface area contributed by atoms with Gasteiger partial charge >= 0.3 is 5.82 Å². The van der Waals surface area contributed by atoms with Crippen LogP contribution < -0.4 is 0 Å². The van der Waals surface area contributed by atoms with Gasteiger partial charge < -0.3 is 24.5 Å². The zero-order valence-electron chi connectivity index (χ0n) is 14.0. The van der Waals surface area contributed by atoms with Gasteiger partial charge in [-0.3, -0.25) is 0 Å². The first-order chi connectivity index (χ1) is 11.7. The third kappa shape index (κ3) is 4.75. The predicted octanol–water partition coefficient (Wildman–Crippen LogP) is 2.36. The molecule has 0 spiro atoms. The Hall–Kier alpha value is -1.51. The average molecular weight is 338 g/mol. The predicted molar refractivity (Wildman–Crippen MR) is 87.8 cm³/mol. The molecular weight excluding hydrogens is 312 g/mol. The smallest absolute Gasteiger partial charge is 0.358 e. The molecule has 24 heavy (non-hydrogen) atoms. The SMILES string of the molecule is O=[N+]([O-])c1ccn(C2CCN(CCCO[C@@H]3CCCCO3)CC2)n1. The molecule has 2 saturated heterocycles. The Morgan fingerprint density at radius 1 is 1.33 bits per heavy atom. The fourth-order valence-electron chi connectivity index (χ4n) is 3.38. The molecule has 0 bridgehead atoms. The minimum atomic E-state index is -0.443. The molecule has 2 aliphatic rings. The van der Waals surface area contributed by atoms with Crippen LogP contribution >= 0.6 is 0 Å². The maximum absolute atomic E-state index is 10.7.